The third-order valence-electron chi connectivity index (χ3n) is 5.40. The minimum Gasteiger partial charge on any atom is -0.382 e. The maximum Gasteiger partial charge on any atom is 0.647 e. The summed E-state index contributed by atoms with van der Waals surface area (Å²) in [7, 11) is -3.71. The number of phosphoric ester groups is 1. The van der Waals surface area contributed by atoms with Crippen molar-refractivity contribution >= 4 is 51.4 Å². The van der Waals surface area contributed by atoms with Crippen LogP contribution < -0.4 is 24.4 Å². The molecule has 3 aromatic carbocycles. The van der Waals surface area contributed by atoms with Crippen LogP contribution in [0.15, 0.2) is 52.1 Å². The molecule has 9 heteroatoms. The van der Waals surface area contributed by atoms with Gasteiger partial charge in [-0.2, -0.15) is 4.57 Å². The predicted octanol–water partition coefficient (Wildman–Crippen LogP) is 3.95. The fourth-order valence-electron chi connectivity index (χ4n) is 4.12. The van der Waals surface area contributed by atoms with Gasteiger partial charge >= 0.3 is 7.82 Å². The standard InChI is InChI=1S/C20H9N2O6P/c23-17-8-3-1-2-4-11(8)21-12-6-10-13(5-9(12)17)22-14-7-15-19-20(16(14)18(10)24)28-29(25,26-15)27-19/h1-7H,(H,21,23)(H,22,24). The Morgan fingerprint density at radius 1 is 0.690 bits per heavy atom. The second-order valence-electron chi connectivity index (χ2n) is 7.07. The fraction of sp³-hybridized carbons (Fsp3) is 0. The van der Waals surface area contributed by atoms with Crippen molar-refractivity contribution in [1.29, 1.82) is 0 Å². The highest BCUT2D eigenvalue weighted by atomic mass is 31.2. The van der Waals surface area contributed by atoms with Gasteiger partial charge in [-0.25, -0.2) is 0 Å². The van der Waals surface area contributed by atoms with Gasteiger partial charge in [-0.15, -0.1) is 0 Å². The first-order valence-corrected chi connectivity index (χ1v) is 10.3. The topological polar surface area (TPSA) is 110 Å². The smallest absolute Gasteiger partial charge is 0.382 e. The van der Waals surface area contributed by atoms with Crippen LogP contribution in [0.3, 0.4) is 0 Å². The van der Waals surface area contributed by atoms with E-state index in [-0.39, 0.29) is 33.5 Å². The van der Waals surface area contributed by atoms with E-state index in [1.165, 1.54) is 0 Å². The van der Waals surface area contributed by atoms with E-state index < -0.39 is 7.82 Å². The van der Waals surface area contributed by atoms with Crippen LogP contribution in [0.2, 0.25) is 0 Å². The zero-order chi connectivity index (χ0) is 19.5. The van der Waals surface area contributed by atoms with Gasteiger partial charge in [-0.3, -0.25) is 9.59 Å². The van der Waals surface area contributed by atoms with E-state index in [2.05, 4.69) is 9.97 Å². The van der Waals surface area contributed by atoms with Crippen molar-refractivity contribution in [2.24, 2.45) is 0 Å². The molecule has 1 atom stereocenters. The summed E-state index contributed by atoms with van der Waals surface area (Å²) in [5, 5.41) is 1.66. The van der Waals surface area contributed by atoms with Gasteiger partial charge in [0.05, 0.1) is 21.9 Å². The molecule has 1 unspecified atom stereocenters. The predicted molar refractivity (Wildman–Crippen MR) is 107 cm³/mol. The monoisotopic (exact) mass is 404 g/mol. The van der Waals surface area contributed by atoms with Crippen LogP contribution >= 0.6 is 7.82 Å². The Hall–Kier alpha value is -3.77. The number of rotatable bonds is 0. The first kappa shape index (κ1) is 15.2. The lowest BCUT2D eigenvalue weighted by atomic mass is 10.0. The van der Waals surface area contributed by atoms with Crippen LogP contribution in [-0.2, 0) is 4.57 Å². The highest BCUT2D eigenvalue weighted by molar-refractivity contribution is 7.50. The Labute approximate surface area is 160 Å². The molecule has 0 radical (unpaired) electrons. The summed E-state index contributed by atoms with van der Waals surface area (Å²) in [6, 6.07) is 12.1. The van der Waals surface area contributed by atoms with Gasteiger partial charge in [0.25, 0.3) is 0 Å². The summed E-state index contributed by atoms with van der Waals surface area (Å²) < 4.78 is 28.0. The van der Waals surface area contributed by atoms with E-state index in [0.717, 1.165) is 0 Å². The Kier molecular flexibility index (Phi) is 2.42. The zero-order valence-electron chi connectivity index (χ0n) is 14.4. The first-order valence-electron chi connectivity index (χ1n) is 8.81. The lowest BCUT2D eigenvalue weighted by molar-refractivity contribution is 0.355. The molecular weight excluding hydrogens is 395 g/mol. The number of pyridine rings is 2. The van der Waals surface area contributed by atoms with Crippen molar-refractivity contribution in [2.75, 3.05) is 0 Å². The van der Waals surface area contributed by atoms with Crippen LogP contribution in [0.25, 0.3) is 43.6 Å². The number of phosphoric acid groups is 1. The average Bonchev–Trinajstić information content (AvgIpc) is 3.21. The Morgan fingerprint density at radius 2 is 1.38 bits per heavy atom. The minimum atomic E-state index is -3.71. The Morgan fingerprint density at radius 3 is 2.17 bits per heavy atom. The van der Waals surface area contributed by atoms with Crippen molar-refractivity contribution in [3.8, 4) is 17.2 Å². The van der Waals surface area contributed by atoms with Crippen molar-refractivity contribution in [2.45, 2.75) is 0 Å². The number of para-hydroxylation sites is 1. The summed E-state index contributed by atoms with van der Waals surface area (Å²) in [5.74, 6) is 0.579. The Bertz CT molecular complexity index is 1770. The van der Waals surface area contributed by atoms with Gasteiger partial charge in [0.15, 0.2) is 16.9 Å². The van der Waals surface area contributed by atoms with Crippen LogP contribution in [0.5, 0.6) is 17.2 Å². The molecule has 2 aliphatic rings. The molecule has 2 aliphatic heterocycles. The third-order valence-corrected chi connectivity index (χ3v) is 6.64. The molecule has 0 spiro atoms. The quantitative estimate of drug-likeness (QED) is 0.299. The molecule has 0 saturated heterocycles. The second-order valence-corrected chi connectivity index (χ2v) is 8.52. The van der Waals surface area contributed by atoms with E-state index in [1.807, 2.05) is 12.1 Å². The van der Waals surface area contributed by atoms with Gasteiger partial charge in [0.2, 0.25) is 11.2 Å². The van der Waals surface area contributed by atoms with Crippen molar-refractivity contribution in [3.63, 3.8) is 0 Å². The van der Waals surface area contributed by atoms with Gasteiger partial charge in [0, 0.05) is 27.7 Å². The molecule has 0 saturated carbocycles. The summed E-state index contributed by atoms with van der Waals surface area (Å²) >= 11 is 0. The van der Waals surface area contributed by atoms with Crippen LogP contribution in [0.4, 0.5) is 0 Å². The lowest BCUT2D eigenvalue weighted by Crippen LogP contribution is -2.09. The van der Waals surface area contributed by atoms with E-state index in [4.69, 9.17) is 13.6 Å². The molecule has 2 aromatic heterocycles. The number of aromatic nitrogens is 2. The molecule has 0 aliphatic carbocycles. The fourth-order valence-corrected chi connectivity index (χ4v) is 5.41. The molecule has 0 fully saturated rings. The highest BCUT2D eigenvalue weighted by Crippen LogP contribution is 2.69. The van der Waals surface area contributed by atoms with Crippen molar-refractivity contribution < 1.29 is 18.1 Å². The number of aromatic amines is 2. The maximum absolute atomic E-state index is 13.3. The molecule has 140 valence electrons. The number of hydrogen-bond acceptors (Lipinski definition) is 6. The number of fused-ring (bicyclic) bond motifs is 6. The molecule has 8 nitrogen and oxygen atoms in total. The molecule has 2 bridgehead atoms. The van der Waals surface area contributed by atoms with E-state index in [0.29, 0.717) is 38.2 Å². The lowest BCUT2D eigenvalue weighted by Gasteiger charge is -2.12. The third kappa shape index (κ3) is 1.77. The number of nitrogens with one attached hydrogen (secondary N) is 2. The summed E-state index contributed by atoms with van der Waals surface area (Å²) in [6.07, 6.45) is 0. The van der Waals surface area contributed by atoms with E-state index in [1.54, 1.807) is 30.3 Å². The number of benzene rings is 3. The molecule has 4 heterocycles. The Balaban J connectivity index is 1.67. The largest absolute Gasteiger partial charge is 0.647 e. The SMILES string of the molecule is O=c1c2ccccc2[nH]c2cc3c(=O)c4c5c6c(cc4[nH]c3cc12)OP(=O)(O6)O5. The molecule has 7 rings (SSSR count). The summed E-state index contributed by atoms with van der Waals surface area (Å²) in [5.41, 5.74) is 1.77. The summed E-state index contributed by atoms with van der Waals surface area (Å²) in [6.45, 7) is 0. The zero-order valence-corrected chi connectivity index (χ0v) is 15.3. The van der Waals surface area contributed by atoms with Gasteiger partial charge < -0.3 is 23.5 Å². The van der Waals surface area contributed by atoms with Gasteiger partial charge in [0.1, 0.15) is 0 Å². The highest BCUT2D eigenvalue weighted by Gasteiger charge is 2.51. The van der Waals surface area contributed by atoms with Gasteiger partial charge in [-0.05, 0) is 24.3 Å². The molecule has 5 aromatic rings. The molecular formula is C20H9N2O6P. The van der Waals surface area contributed by atoms with Crippen molar-refractivity contribution in [3.05, 3.63) is 62.9 Å². The molecule has 2 N–H and O–H groups in total. The molecule has 0 amide bonds. The van der Waals surface area contributed by atoms with E-state index in [9.17, 15) is 14.2 Å². The van der Waals surface area contributed by atoms with Crippen molar-refractivity contribution in [1.82, 2.24) is 9.97 Å². The van der Waals surface area contributed by atoms with Crippen LogP contribution in [0.1, 0.15) is 0 Å². The van der Waals surface area contributed by atoms with Crippen LogP contribution in [0, 0.1) is 0 Å². The normalized spacial score (nSPS) is 19.0. The first-order chi connectivity index (χ1) is 14.0. The average molecular weight is 404 g/mol. The minimum absolute atomic E-state index is 0.117. The maximum atomic E-state index is 13.3. The summed E-state index contributed by atoms with van der Waals surface area (Å²) in [4.78, 5) is 32.6. The van der Waals surface area contributed by atoms with E-state index >= 15 is 0 Å². The number of hydrogen-bond donors (Lipinski definition) is 2. The number of H-pyrrole nitrogens is 2. The molecule has 29 heavy (non-hydrogen) atoms. The van der Waals surface area contributed by atoms with Gasteiger partial charge in [-0.1, -0.05) is 12.1 Å². The van der Waals surface area contributed by atoms with Crippen LogP contribution in [-0.4, -0.2) is 9.97 Å². The second kappa shape index (κ2) is 4.61.